The summed E-state index contributed by atoms with van der Waals surface area (Å²) in [5.41, 5.74) is -1.25. The summed E-state index contributed by atoms with van der Waals surface area (Å²) >= 11 is 1.23. The van der Waals surface area contributed by atoms with Crippen LogP contribution in [-0.2, 0) is 9.59 Å². The second kappa shape index (κ2) is 6.56. The van der Waals surface area contributed by atoms with Crippen molar-refractivity contribution in [2.24, 2.45) is 0 Å². The molecular weight excluding hydrogens is 269 g/mol. The highest BCUT2D eigenvalue weighted by Crippen LogP contribution is 2.18. The second-order valence-corrected chi connectivity index (χ2v) is 5.33. The van der Waals surface area contributed by atoms with Crippen molar-refractivity contribution in [2.45, 2.75) is 30.7 Å². The van der Waals surface area contributed by atoms with Gasteiger partial charge in [0.1, 0.15) is 11.4 Å². The molecule has 0 fully saturated rings. The van der Waals surface area contributed by atoms with Crippen LogP contribution >= 0.6 is 11.8 Å². The van der Waals surface area contributed by atoms with E-state index >= 15 is 0 Å². The van der Waals surface area contributed by atoms with Gasteiger partial charge in [-0.1, -0.05) is 6.92 Å². The lowest BCUT2D eigenvalue weighted by atomic mass is 9.99. The van der Waals surface area contributed by atoms with Gasteiger partial charge in [-0.15, -0.1) is 11.8 Å². The normalized spacial score (nSPS) is 13.6. The Hall–Kier alpha value is -1.56. The topological polar surface area (TPSA) is 66.4 Å². The molecule has 4 nitrogen and oxygen atoms in total. The molecule has 1 aromatic carbocycles. The number of nitrogens with one attached hydrogen (secondary N) is 1. The van der Waals surface area contributed by atoms with E-state index in [-0.39, 0.29) is 17.5 Å². The Morgan fingerprint density at radius 2 is 1.95 bits per heavy atom. The number of hydrogen-bond acceptors (Lipinski definition) is 3. The number of hydrogen-bond donors (Lipinski definition) is 2. The first kappa shape index (κ1) is 15.5. The number of amides is 1. The van der Waals surface area contributed by atoms with Crippen LogP contribution in [0.1, 0.15) is 20.3 Å². The zero-order valence-electron chi connectivity index (χ0n) is 10.8. The van der Waals surface area contributed by atoms with Crippen LogP contribution in [0.15, 0.2) is 29.2 Å². The average molecular weight is 285 g/mol. The Morgan fingerprint density at radius 1 is 1.37 bits per heavy atom. The third-order valence-corrected chi connectivity index (χ3v) is 3.79. The van der Waals surface area contributed by atoms with Crippen molar-refractivity contribution in [1.82, 2.24) is 5.32 Å². The van der Waals surface area contributed by atoms with Gasteiger partial charge in [-0.05, 0) is 37.6 Å². The Bertz CT molecular complexity index is 463. The largest absolute Gasteiger partial charge is 0.480 e. The molecule has 0 saturated heterocycles. The smallest absolute Gasteiger partial charge is 0.329 e. The summed E-state index contributed by atoms with van der Waals surface area (Å²) in [6, 6.07) is 5.77. The predicted molar refractivity (Wildman–Crippen MR) is 71.6 cm³/mol. The number of thioether (sulfide) groups is 1. The number of rotatable bonds is 6. The van der Waals surface area contributed by atoms with Crippen molar-refractivity contribution >= 4 is 23.6 Å². The van der Waals surface area contributed by atoms with Gasteiger partial charge in [0.2, 0.25) is 5.91 Å². The Morgan fingerprint density at radius 3 is 2.42 bits per heavy atom. The average Bonchev–Trinajstić information content (AvgIpc) is 2.37. The fourth-order valence-corrected chi connectivity index (χ4v) is 2.02. The van der Waals surface area contributed by atoms with Crippen molar-refractivity contribution in [3.63, 3.8) is 0 Å². The lowest BCUT2D eigenvalue weighted by molar-refractivity contribution is -0.146. The number of benzene rings is 1. The third-order valence-electron chi connectivity index (χ3n) is 2.78. The van der Waals surface area contributed by atoms with Crippen molar-refractivity contribution in [3.05, 3.63) is 30.1 Å². The van der Waals surface area contributed by atoms with Crippen LogP contribution in [0, 0.1) is 5.82 Å². The van der Waals surface area contributed by atoms with Crippen molar-refractivity contribution < 1.29 is 19.1 Å². The summed E-state index contributed by atoms with van der Waals surface area (Å²) in [6.45, 7) is 3.16. The van der Waals surface area contributed by atoms with Gasteiger partial charge in [0.15, 0.2) is 0 Å². The van der Waals surface area contributed by atoms with Crippen LogP contribution in [0.3, 0.4) is 0 Å². The molecule has 19 heavy (non-hydrogen) atoms. The second-order valence-electron chi connectivity index (χ2n) is 4.28. The van der Waals surface area contributed by atoms with Gasteiger partial charge in [-0.3, -0.25) is 4.79 Å². The van der Waals surface area contributed by atoms with Crippen LogP contribution in [0.2, 0.25) is 0 Å². The summed E-state index contributed by atoms with van der Waals surface area (Å²) in [6.07, 6.45) is 0.301. The molecule has 1 aromatic rings. The minimum absolute atomic E-state index is 0.0918. The summed E-state index contributed by atoms with van der Waals surface area (Å²) < 4.78 is 12.7. The molecular formula is C13H16FNO3S. The van der Waals surface area contributed by atoms with Gasteiger partial charge in [0.05, 0.1) is 5.75 Å². The Kier molecular flexibility index (Phi) is 5.35. The number of aliphatic carboxylic acids is 1. The molecule has 0 bridgehead atoms. The molecule has 104 valence electrons. The van der Waals surface area contributed by atoms with E-state index in [0.29, 0.717) is 6.42 Å². The van der Waals surface area contributed by atoms with Crippen molar-refractivity contribution in [2.75, 3.05) is 5.75 Å². The molecule has 0 radical (unpaired) electrons. The van der Waals surface area contributed by atoms with Crippen LogP contribution in [-0.4, -0.2) is 28.3 Å². The van der Waals surface area contributed by atoms with Gasteiger partial charge < -0.3 is 10.4 Å². The Labute approximate surface area is 115 Å². The van der Waals surface area contributed by atoms with Gasteiger partial charge in [-0.2, -0.15) is 0 Å². The number of carboxylic acid groups (broad SMARTS) is 1. The molecule has 0 aromatic heterocycles. The minimum atomic E-state index is -1.25. The molecule has 0 heterocycles. The zero-order chi connectivity index (χ0) is 14.5. The van der Waals surface area contributed by atoms with Crippen LogP contribution in [0.25, 0.3) is 0 Å². The van der Waals surface area contributed by atoms with E-state index in [0.717, 1.165) is 4.90 Å². The highest BCUT2D eigenvalue weighted by molar-refractivity contribution is 8.00. The summed E-state index contributed by atoms with van der Waals surface area (Å²) in [7, 11) is 0. The lowest BCUT2D eigenvalue weighted by Crippen LogP contribution is -2.52. The molecule has 1 rings (SSSR count). The van der Waals surface area contributed by atoms with Crippen molar-refractivity contribution in [3.8, 4) is 0 Å². The summed E-state index contributed by atoms with van der Waals surface area (Å²) in [4.78, 5) is 23.5. The van der Waals surface area contributed by atoms with E-state index in [1.165, 1.54) is 30.8 Å². The quantitative estimate of drug-likeness (QED) is 0.787. The van der Waals surface area contributed by atoms with Gasteiger partial charge in [-0.25, -0.2) is 9.18 Å². The fourth-order valence-electron chi connectivity index (χ4n) is 1.32. The number of carboxylic acids is 1. The molecule has 1 amide bonds. The molecule has 6 heteroatoms. The molecule has 1 atom stereocenters. The first-order chi connectivity index (χ1) is 8.87. The first-order valence-corrected chi connectivity index (χ1v) is 6.78. The van der Waals surface area contributed by atoms with E-state index in [9.17, 15) is 14.0 Å². The minimum Gasteiger partial charge on any atom is -0.480 e. The standard InChI is InChI=1S/C13H16FNO3S/c1-3-13(2,12(17)18)15-11(16)8-19-10-6-4-9(14)5-7-10/h4-7H,3,8H2,1-2H3,(H,15,16)(H,17,18). The van der Waals surface area contributed by atoms with Crippen molar-refractivity contribution in [1.29, 1.82) is 0 Å². The summed E-state index contributed by atoms with van der Waals surface area (Å²) in [5, 5.41) is 11.5. The number of carbonyl (C=O) groups is 2. The molecule has 0 aliphatic rings. The molecule has 1 unspecified atom stereocenters. The van der Waals surface area contributed by atoms with Crippen LogP contribution in [0.4, 0.5) is 4.39 Å². The van der Waals surface area contributed by atoms with Gasteiger partial charge in [0, 0.05) is 4.90 Å². The van der Waals surface area contributed by atoms with Crippen LogP contribution in [0.5, 0.6) is 0 Å². The van der Waals surface area contributed by atoms with E-state index in [1.54, 1.807) is 19.1 Å². The lowest BCUT2D eigenvalue weighted by Gasteiger charge is -2.24. The Balaban J connectivity index is 2.52. The molecule has 0 aliphatic heterocycles. The third kappa shape index (κ3) is 4.55. The SMILES string of the molecule is CCC(C)(NC(=O)CSc1ccc(F)cc1)C(=O)O. The first-order valence-electron chi connectivity index (χ1n) is 5.80. The van der Waals surface area contributed by atoms with E-state index < -0.39 is 11.5 Å². The highest BCUT2D eigenvalue weighted by Gasteiger charge is 2.32. The monoisotopic (exact) mass is 285 g/mol. The fraction of sp³-hybridized carbons (Fsp3) is 0.385. The molecule has 0 spiro atoms. The number of carbonyl (C=O) groups excluding carboxylic acids is 1. The predicted octanol–water partition coefficient (Wildman–Crippen LogP) is 2.29. The number of halogens is 1. The maximum atomic E-state index is 12.7. The maximum Gasteiger partial charge on any atom is 0.329 e. The van der Waals surface area contributed by atoms with E-state index in [1.807, 2.05) is 0 Å². The zero-order valence-corrected chi connectivity index (χ0v) is 11.6. The van der Waals surface area contributed by atoms with Gasteiger partial charge in [0.25, 0.3) is 0 Å². The van der Waals surface area contributed by atoms with E-state index in [2.05, 4.69) is 5.32 Å². The van der Waals surface area contributed by atoms with Gasteiger partial charge >= 0.3 is 5.97 Å². The maximum absolute atomic E-state index is 12.7. The van der Waals surface area contributed by atoms with E-state index in [4.69, 9.17) is 5.11 Å². The summed E-state index contributed by atoms with van der Waals surface area (Å²) in [5.74, 6) is -1.66. The highest BCUT2D eigenvalue weighted by atomic mass is 32.2. The molecule has 2 N–H and O–H groups in total. The van der Waals surface area contributed by atoms with Crippen LogP contribution < -0.4 is 5.32 Å². The molecule has 0 saturated carbocycles. The molecule has 0 aliphatic carbocycles.